The van der Waals surface area contributed by atoms with Gasteiger partial charge in [0.25, 0.3) is 0 Å². The Morgan fingerprint density at radius 1 is 1.19 bits per heavy atom. The van der Waals surface area contributed by atoms with Crippen LogP contribution in [0.15, 0.2) is 0 Å². The molecule has 1 saturated heterocycles. The van der Waals surface area contributed by atoms with Crippen molar-refractivity contribution in [1.82, 2.24) is 15.1 Å². The Hall–Kier alpha value is -0.650. The van der Waals surface area contributed by atoms with E-state index in [1.54, 1.807) is 0 Å². The van der Waals surface area contributed by atoms with Gasteiger partial charge in [-0.05, 0) is 26.8 Å². The Balaban J connectivity index is 1.86. The number of hydrogen-bond acceptors (Lipinski definition) is 4. The Bertz CT molecular complexity index is 329. The van der Waals surface area contributed by atoms with E-state index in [9.17, 15) is 9.90 Å². The smallest absolute Gasteiger partial charge is 0.237 e. The topological polar surface area (TPSA) is 55.8 Å². The zero-order chi connectivity index (χ0) is 15.2. The third-order valence-electron chi connectivity index (χ3n) is 5.19. The van der Waals surface area contributed by atoms with Gasteiger partial charge in [0, 0.05) is 44.7 Å². The maximum atomic E-state index is 12.5. The molecule has 21 heavy (non-hydrogen) atoms. The molecular formula is C16H31N3O2. The summed E-state index contributed by atoms with van der Waals surface area (Å²) in [7, 11) is 2.12. The Kier molecular flexibility index (Phi) is 6.45. The number of hydrogen-bond donors (Lipinski definition) is 2. The predicted molar refractivity (Wildman–Crippen MR) is 84.1 cm³/mol. The standard InChI is InChI=1S/C16H31N3O2/c1-13(19-10-8-18(2)9-11-19)16(21)17-15-7-5-3-4-6-14(15)12-20/h13-15,20H,3-12H2,1-2H3,(H,17,21). The highest BCUT2D eigenvalue weighted by Gasteiger charge is 2.29. The molecule has 1 saturated carbocycles. The molecule has 122 valence electrons. The van der Waals surface area contributed by atoms with Crippen LogP contribution in [0.25, 0.3) is 0 Å². The fourth-order valence-electron chi connectivity index (χ4n) is 3.47. The molecule has 0 bridgehead atoms. The molecule has 0 spiro atoms. The molecule has 2 rings (SSSR count). The second kappa shape index (κ2) is 8.11. The predicted octanol–water partition coefficient (Wildman–Crippen LogP) is 0.680. The summed E-state index contributed by atoms with van der Waals surface area (Å²) in [6.07, 6.45) is 5.59. The molecule has 5 heteroatoms. The van der Waals surface area contributed by atoms with Crippen molar-refractivity contribution >= 4 is 5.91 Å². The van der Waals surface area contributed by atoms with Crippen molar-refractivity contribution in [2.45, 2.75) is 51.1 Å². The lowest BCUT2D eigenvalue weighted by Crippen LogP contribution is -2.55. The maximum Gasteiger partial charge on any atom is 0.237 e. The molecule has 0 aromatic rings. The second-order valence-electron chi connectivity index (χ2n) is 6.71. The van der Waals surface area contributed by atoms with Gasteiger partial charge in [0.15, 0.2) is 0 Å². The molecule has 2 fully saturated rings. The molecule has 3 atom stereocenters. The van der Waals surface area contributed by atoms with Gasteiger partial charge in [0.05, 0.1) is 6.04 Å². The first-order chi connectivity index (χ1) is 10.1. The van der Waals surface area contributed by atoms with Gasteiger partial charge >= 0.3 is 0 Å². The molecule has 2 N–H and O–H groups in total. The lowest BCUT2D eigenvalue weighted by atomic mass is 9.95. The molecule has 5 nitrogen and oxygen atoms in total. The Morgan fingerprint density at radius 3 is 2.52 bits per heavy atom. The quantitative estimate of drug-likeness (QED) is 0.749. The van der Waals surface area contributed by atoms with Gasteiger partial charge in [0.1, 0.15) is 0 Å². The van der Waals surface area contributed by atoms with E-state index in [1.165, 1.54) is 12.8 Å². The zero-order valence-electron chi connectivity index (χ0n) is 13.6. The van der Waals surface area contributed by atoms with Crippen molar-refractivity contribution in [2.24, 2.45) is 5.92 Å². The summed E-state index contributed by atoms with van der Waals surface area (Å²) in [6.45, 7) is 6.16. The van der Waals surface area contributed by atoms with E-state index in [4.69, 9.17) is 0 Å². The van der Waals surface area contributed by atoms with Crippen molar-refractivity contribution in [3.63, 3.8) is 0 Å². The first-order valence-corrected chi connectivity index (χ1v) is 8.45. The van der Waals surface area contributed by atoms with Gasteiger partial charge in [-0.15, -0.1) is 0 Å². The number of aliphatic hydroxyl groups excluding tert-OH is 1. The van der Waals surface area contributed by atoms with Crippen LogP contribution in [0.2, 0.25) is 0 Å². The molecule has 0 aromatic heterocycles. The number of carbonyl (C=O) groups excluding carboxylic acids is 1. The molecule has 1 heterocycles. The summed E-state index contributed by atoms with van der Waals surface area (Å²) in [6, 6.07) is 0.0845. The van der Waals surface area contributed by atoms with E-state index >= 15 is 0 Å². The highest BCUT2D eigenvalue weighted by molar-refractivity contribution is 5.81. The van der Waals surface area contributed by atoms with E-state index in [1.807, 2.05) is 6.92 Å². The molecule has 1 aliphatic heterocycles. The first kappa shape index (κ1) is 16.7. The maximum absolute atomic E-state index is 12.5. The van der Waals surface area contributed by atoms with Gasteiger partial charge in [-0.3, -0.25) is 9.69 Å². The minimum Gasteiger partial charge on any atom is -0.396 e. The highest BCUT2D eigenvalue weighted by atomic mass is 16.3. The minimum atomic E-state index is -0.0682. The third kappa shape index (κ3) is 4.66. The zero-order valence-corrected chi connectivity index (χ0v) is 13.6. The van der Waals surface area contributed by atoms with Crippen LogP contribution >= 0.6 is 0 Å². The fraction of sp³-hybridized carbons (Fsp3) is 0.938. The Morgan fingerprint density at radius 2 is 1.86 bits per heavy atom. The number of likely N-dealkylation sites (N-methyl/N-ethyl adjacent to an activating group) is 1. The summed E-state index contributed by atoms with van der Waals surface area (Å²) in [5.74, 6) is 0.362. The van der Waals surface area contributed by atoms with Crippen LogP contribution in [-0.2, 0) is 4.79 Å². The van der Waals surface area contributed by atoms with Crippen LogP contribution in [-0.4, -0.2) is 72.7 Å². The first-order valence-electron chi connectivity index (χ1n) is 8.45. The number of carbonyl (C=O) groups is 1. The molecule has 3 unspecified atom stereocenters. The Labute approximate surface area is 128 Å². The average molecular weight is 297 g/mol. The summed E-state index contributed by atoms with van der Waals surface area (Å²) in [4.78, 5) is 17.1. The van der Waals surface area contributed by atoms with Crippen molar-refractivity contribution in [1.29, 1.82) is 0 Å². The van der Waals surface area contributed by atoms with Crippen molar-refractivity contribution in [3.05, 3.63) is 0 Å². The number of piperazine rings is 1. The second-order valence-corrected chi connectivity index (χ2v) is 6.71. The van der Waals surface area contributed by atoms with Gasteiger partial charge in [-0.25, -0.2) is 0 Å². The SMILES string of the molecule is CC(C(=O)NC1CCCCCC1CO)N1CCN(C)CC1. The van der Waals surface area contributed by atoms with Crippen molar-refractivity contribution < 1.29 is 9.90 Å². The summed E-state index contributed by atoms with van der Waals surface area (Å²) >= 11 is 0. The van der Waals surface area contributed by atoms with Crippen LogP contribution in [0.4, 0.5) is 0 Å². The van der Waals surface area contributed by atoms with Gasteiger partial charge < -0.3 is 15.3 Å². The highest BCUT2D eigenvalue weighted by Crippen LogP contribution is 2.23. The third-order valence-corrected chi connectivity index (χ3v) is 5.19. The van der Waals surface area contributed by atoms with Gasteiger partial charge in [-0.2, -0.15) is 0 Å². The van der Waals surface area contributed by atoms with Crippen molar-refractivity contribution in [3.8, 4) is 0 Å². The van der Waals surface area contributed by atoms with Gasteiger partial charge in [-0.1, -0.05) is 19.3 Å². The fourth-order valence-corrected chi connectivity index (χ4v) is 3.47. The molecule has 1 aliphatic carbocycles. The molecule has 1 amide bonds. The van der Waals surface area contributed by atoms with Crippen LogP contribution in [0.3, 0.4) is 0 Å². The summed E-state index contributed by atoms with van der Waals surface area (Å²) < 4.78 is 0. The van der Waals surface area contributed by atoms with E-state index in [-0.39, 0.29) is 30.5 Å². The minimum absolute atomic E-state index is 0.0682. The van der Waals surface area contributed by atoms with Crippen LogP contribution < -0.4 is 5.32 Å². The number of aliphatic hydroxyl groups is 1. The lowest BCUT2D eigenvalue weighted by molar-refractivity contribution is -0.127. The molecule has 2 aliphatic rings. The van der Waals surface area contributed by atoms with Crippen LogP contribution in [0, 0.1) is 5.92 Å². The largest absolute Gasteiger partial charge is 0.396 e. The summed E-state index contributed by atoms with van der Waals surface area (Å²) in [5, 5.41) is 12.8. The number of amides is 1. The molecule has 0 aromatic carbocycles. The number of nitrogens with one attached hydrogen (secondary N) is 1. The van der Waals surface area contributed by atoms with Crippen LogP contribution in [0.1, 0.15) is 39.0 Å². The average Bonchev–Trinajstić information content (AvgIpc) is 2.72. The molecular weight excluding hydrogens is 266 g/mol. The van der Waals surface area contributed by atoms with Crippen molar-refractivity contribution in [2.75, 3.05) is 39.8 Å². The van der Waals surface area contributed by atoms with E-state index in [0.29, 0.717) is 0 Å². The van der Waals surface area contributed by atoms with E-state index in [2.05, 4.69) is 22.2 Å². The number of nitrogens with zero attached hydrogens (tertiary/aromatic N) is 2. The monoisotopic (exact) mass is 297 g/mol. The van der Waals surface area contributed by atoms with E-state index < -0.39 is 0 Å². The normalized spacial score (nSPS) is 30.6. The van der Waals surface area contributed by atoms with Gasteiger partial charge in [0.2, 0.25) is 5.91 Å². The number of rotatable bonds is 4. The lowest BCUT2D eigenvalue weighted by Gasteiger charge is -2.36. The van der Waals surface area contributed by atoms with E-state index in [0.717, 1.165) is 45.4 Å². The van der Waals surface area contributed by atoms with Crippen LogP contribution in [0.5, 0.6) is 0 Å². The summed E-state index contributed by atoms with van der Waals surface area (Å²) in [5.41, 5.74) is 0. The molecule has 0 radical (unpaired) electrons.